The van der Waals surface area contributed by atoms with Crippen molar-refractivity contribution in [2.45, 2.75) is 65.9 Å². The molecule has 0 spiro atoms. The van der Waals surface area contributed by atoms with E-state index in [1.165, 1.54) is 0 Å². The molecule has 1 aliphatic heterocycles. The van der Waals surface area contributed by atoms with Crippen LogP contribution in [0.15, 0.2) is 42.6 Å². The number of aryl methyl sites for hydroxylation is 3. The molecule has 1 N–H and O–H groups in total. The number of likely N-dealkylation sites (tertiary alicyclic amines) is 1. The normalized spacial score (nSPS) is 14.5. The zero-order chi connectivity index (χ0) is 26.9. The summed E-state index contributed by atoms with van der Waals surface area (Å²) < 4.78 is 7.45. The Morgan fingerprint density at radius 3 is 2.35 bits per heavy atom. The van der Waals surface area contributed by atoms with Gasteiger partial charge in [-0.2, -0.15) is 5.10 Å². The number of nitrogens with one attached hydrogen (secondary N) is 1. The van der Waals surface area contributed by atoms with Gasteiger partial charge in [0.2, 0.25) is 0 Å². The number of aromatic nitrogens is 2. The number of benzene rings is 2. The number of rotatable bonds is 4. The van der Waals surface area contributed by atoms with E-state index in [1.807, 2.05) is 63.6 Å². The Morgan fingerprint density at radius 1 is 1.03 bits per heavy atom. The monoisotopic (exact) mass is 522 g/mol. The van der Waals surface area contributed by atoms with Gasteiger partial charge in [0.05, 0.1) is 23.1 Å². The summed E-state index contributed by atoms with van der Waals surface area (Å²) in [4.78, 5) is 27.9. The molecule has 0 atom stereocenters. The molecule has 4 rings (SSSR count). The highest BCUT2D eigenvalue weighted by molar-refractivity contribution is 6.31. The second kappa shape index (κ2) is 10.6. The molecule has 0 bridgehead atoms. The molecule has 37 heavy (non-hydrogen) atoms. The first kappa shape index (κ1) is 26.7. The van der Waals surface area contributed by atoms with Gasteiger partial charge in [-0.25, -0.2) is 9.48 Å². The Morgan fingerprint density at radius 2 is 1.73 bits per heavy atom. The van der Waals surface area contributed by atoms with E-state index in [0.29, 0.717) is 42.2 Å². The number of ether oxygens (including phenoxy) is 1. The van der Waals surface area contributed by atoms with Gasteiger partial charge in [-0.15, -0.1) is 0 Å². The summed E-state index contributed by atoms with van der Waals surface area (Å²) in [6.45, 7) is 12.7. The highest BCUT2D eigenvalue weighted by Crippen LogP contribution is 2.34. The van der Waals surface area contributed by atoms with Gasteiger partial charge in [0.25, 0.3) is 5.91 Å². The molecule has 196 valence electrons. The maximum atomic E-state index is 13.5. The fraction of sp³-hybridized carbons (Fsp3) is 0.414. The Kier molecular flexibility index (Phi) is 7.64. The lowest BCUT2D eigenvalue weighted by Crippen LogP contribution is -2.41. The first-order valence-corrected chi connectivity index (χ1v) is 13.0. The molecule has 1 aromatic heterocycles. The van der Waals surface area contributed by atoms with Crippen LogP contribution in [-0.2, 0) is 4.74 Å². The average molecular weight is 523 g/mol. The van der Waals surface area contributed by atoms with Crippen LogP contribution in [0.1, 0.15) is 72.3 Å². The minimum Gasteiger partial charge on any atom is -0.444 e. The zero-order valence-corrected chi connectivity index (χ0v) is 23.1. The summed E-state index contributed by atoms with van der Waals surface area (Å²) >= 11 is 6.28. The quantitative estimate of drug-likeness (QED) is 0.408. The van der Waals surface area contributed by atoms with Gasteiger partial charge in [-0.1, -0.05) is 35.4 Å². The van der Waals surface area contributed by atoms with E-state index in [1.54, 1.807) is 17.2 Å². The summed E-state index contributed by atoms with van der Waals surface area (Å²) in [5.74, 6) is -0.190. The summed E-state index contributed by atoms with van der Waals surface area (Å²) in [6.07, 6.45) is 2.74. The molecule has 2 amide bonds. The van der Waals surface area contributed by atoms with E-state index in [-0.39, 0.29) is 17.9 Å². The van der Waals surface area contributed by atoms with E-state index in [0.717, 1.165) is 28.1 Å². The van der Waals surface area contributed by atoms with E-state index in [4.69, 9.17) is 16.3 Å². The van der Waals surface area contributed by atoms with Crippen molar-refractivity contribution in [3.05, 3.63) is 75.6 Å². The Bertz CT molecular complexity index is 1320. The van der Waals surface area contributed by atoms with Gasteiger partial charge in [0, 0.05) is 29.7 Å². The van der Waals surface area contributed by atoms with Crippen LogP contribution < -0.4 is 5.32 Å². The highest BCUT2D eigenvalue weighted by Gasteiger charge is 2.32. The maximum Gasteiger partial charge on any atom is 0.410 e. The minimum absolute atomic E-state index is 0.0456. The second-order valence-corrected chi connectivity index (χ2v) is 11.2. The Labute approximate surface area is 223 Å². The third-order valence-corrected chi connectivity index (χ3v) is 7.00. The topological polar surface area (TPSA) is 76.5 Å². The molecular weight excluding hydrogens is 488 g/mol. The predicted octanol–water partition coefficient (Wildman–Crippen LogP) is 6.82. The van der Waals surface area contributed by atoms with Gasteiger partial charge in [-0.05, 0) is 83.7 Å². The summed E-state index contributed by atoms with van der Waals surface area (Å²) in [5, 5.41) is 8.26. The number of anilines is 1. The van der Waals surface area contributed by atoms with Crippen molar-refractivity contribution in [3.8, 4) is 5.69 Å². The van der Waals surface area contributed by atoms with E-state index in [2.05, 4.69) is 23.4 Å². The number of halogens is 1. The number of hydrogen-bond acceptors (Lipinski definition) is 4. The molecule has 7 nitrogen and oxygen atoms in total. The van der Waals surface area contributed by atoms with Crippen molar-refractivity contribution in [2.24, 2.45) is 0 Å². The molecule has 2 heterocycles. The van der Waals surface area contributed by atoms with Gasteiger partial charge < -0.3 is 15.0 Å². The number of carbonyl (C=O) groups is 2. The van der Waals surface area contributed by atoms with Crippen molar-refractivity contribution >= 4 is 29.3 Å². The zero-order valence-electron chi connectivity index (χ0n) is 22.4. The molecule has 0 aliphatic carbocycles. The standard InChI is InChI=1S/C29H35ClN4O3/c1-18-7-10-25(20(3)15-18)34-26(21-11-13-33(14-12-21)28(36)37-29(4,5)6)23(17-31-34)27(35)32-22-9-8-19(2)24(30)16-22/h7-10,15-17,21H,11-14H2,1-6H3,(H,32,35). The summed E-state index contributed by atoms with van der Waals surface area (Å²) in [5.41, 5.74) is 5.58. The predicted molar refractivity (Wildman–Crippen MR) is 147 cm³/mol. The van der Waals surface area contributed by atoms with Crippen molar-refractivity contribution in [1.29, 1.82) is 0 Å². The first-order valence-electron chi connectivity index (χ1n) is 12.6. The summed E-state index contributed by atoms with van der Waals surface area (Å²) in [7, 11) is 0. The van der Waals surface area contributed by atoms with Crippen LogP contribution in [0.5, 0.6) is 0 Å². The molecule has 1 saturated heterocycles. The van der Waals surface area contributed by atoms with Crippen LogP contribution in [0.4, 0.5) is 10.5 Å². The van der Waals surface area contributed by atoms with E-state index >= 15 is 0 Å². The van der Waals surface area contributed by atoms with Gasteiger partial charge in [0.15, 0.2) is 0 Å². The lowest BCUT2D eigenvalue weighted by Gasteiger charge is -2.34. The van der Waals surface area contributed by atoms with Crippen LogP contribution in [0, 0.1) is 20.8 Å². The van der Waals surface area contributed by atoms with Crippen LogP contribution in [0.25, 0.3) is 5.69 Å². The second-order valence-electron chi connectivity index (χ2n) is 10.8. The van der Waals surface area contributed by atoms with E-state index in [9.17, 15) is 9.59 Å². The molecule has 2 aromatic carbocycles. The van der Waals surface area contributed by atoms with Crippen molar-refractivity contribution in [2.75, 3.05) is 18.4 Å². The minimum atomic E-state index is -0.542. The highest BCUT2D eigenvalue weighted by atomic mass is 35.5. The number of piperidine rings is 1. The van der Waals surface area contributed by atoms with Gasteiger partial charge in [-0.3, -0.25) is 4.79 Å². The third-order valence-electron chi connectivity index (χ3n) is 6.59. The Hall–Kier alpha value is -3.32. The Balaban J connectivity index is 1.65. The largest absolute Gasteiger partial charge is 0.444 e. The molecule has 1 fully saturated rings. The van der Waals surface area contributed by atoms with Crippen LogP contribution >= 0.6 is 11.6 Å². The number of amides is 2. The lowest BCUT2D eigenvalue weighted by atomic mass is 9.90. The molecule has 0 radical (unpaired) electrons. The van der Waals surface area contributed by atoms with Crippen LogP contribution in [0.2, 0.25) is 5.02 Å². The SMILES string of the molecule is Cc1ccc(-n2ncc(C(=O)Nc3ccc(C)c(Cl)c3)c2C2CCN(C(=O)OC(C)(C)C)CC2)c(C)c1. The number of hydrogen-bond donors (Lipinski definition) is 1. The smallest absolute Gasteiger partial charge is 0.410 e. The third kappa shape index (κ3) is 6.16. The first-order chi connectivity index (χ1) is 17.4. The fourth-order valence-electron chi connectivity index (χ4n) is 4.69. The van der Waals surface area contributed by atoms with Crippen molar-refractivity contribution in [3.63, 3.8) is 0 Å². The van der Waals surface area contributed by atoms with Crippen molar-refractivity contribution in [1.82, 2.24) is 14.7 Å². The number of nitrogens with zero attached hydrogens (tertiary/aromatic N) is 3. The van der Waals surface area contributed by atoms with Crippen molar-refractivity contribution < 1.29 is 14.3 Å². The molecule has 1 aliphatic rings. The van der Waals surface area contributed by atoms with Crippen LogP contribution in [0.3, 0.4) is 0 Å². The molecule has 3 aromatic rings. The fourth-order valence-corrected chi connectivity index (χ4v) is 4.87. The average Bonchev–Trinajstić information content (AvgIpc) is 3.25. The molecule has 0 unspecified atom stereocenters. The molecule has 8 heteroatoms. The number of carbonyl (C=O) groups excluding carboxylic acids is 2. The van der Waals surface area contributed by atoms with E-state index < -0.39 is 5.60 Å². The maximum absolute atomic E-state index is 13.5. The van der Waals surface area contributed by atoms with Gasteiger partial charge >= 0.3 is 6.09 Å². The lowest BCUT2D eigenvalue weighted by molar-refractivity contribution is 0.0203. The van der Waals surface area contributed by atoms with Crippen LogP contribution in [-0.4, -0.2) is 45.4 Å². The molecular formula is C29H35ClN4O3. The summed E-state index contributed by atoms with van der Waals surface area (Å²) in [6, 6.07) is 11.7. The van der Waals surface area contributed by atoms with Gasteiger partial charge in [0.1, 0.15) is 5.60 Å². The molecule has 0 saturated carbocycles.